The minimum Gasteiger partial charge on any atom is -0.252 e. The van der Waals surface area contributed by atoms with Gasteiger partial charge in [0, 0.05) is 12.1 Å². The Kier molecular flexibility index (Phi) is 3.46. The molecule has 0 saturated heterocycles. The fourth-order valence-electron chi connectivity index (χ4n) is 4.17. The lowest BCUT2D eigenvalue weighted by atomic mass is 9.91. The van der Waals surface area contributed by atoms with Crippen LogP contribution in [0.5, 0.6) is 0 Å². The summed E-state index contributed by atoms with van der Waals surface area (Å²) in [4.78, 5) is 0. The van der Waals surface area contributed by atoms with Gasteiger partial charge in [-0.25, -0.2) is 0 Å². The first-order valence-electron chi connectivity index (χ1n) is 9.45. The van der Waals surface area contributed by atoms with Gasteiger partial charge in [-0.05, 0) is 61.1 Å². The predicted molar refractivity (Wildman–Crippen MR) is 117 cm³/mol. The average molecular weight is 379 g/mol. The molecule has 0 amide bonds. The van der Waals surface area contributed by atoms with E-state index in [9.17, 15) is 0 Å². The van der Waals surface area contributed by atoms with Gasteiger partial charge in [0.2, 0.25) is 0 Å². The van der Waals surface area contributed by atoms with E-state index in [1.165, 1.54) is 37.9 Å². The quantitative estimate of drug-likeness (QED) is 0.344. The molecule has 0 atom stereocenters. The molecule has 0 bridgehead atoms. The van der Waals surface area contributed by atoms with Crippen molar-refractivity contribution in [1.82, 2.24) is 15.0 Å². The summed E-state index contributed by atoms with van der Waals surface area (Å²) in [6.45, 7) is 0.843. The maximum absolute atomic E-state index is 4.48. The van der Waals surface area contributed by atoms with E-state index in [0.717, 1.165) is 24.2 Å². The Balaban J connectivity index is 1.47. The van der Waals surface area contributed by atoms with Crippen molar-refractivity contribution in [2.24, 2.45) is 0 Å². The molecule has 2 heterocycles. The second kappa shape index (κ2) is 6.14. The molecular weight excluding hydrogens is 362 g/mol. The summed E-state index contributed by atoms with van der Waals surface area (Å²) in [5.74, 6) is 0. The van der Waals surface area contributed by atoms with Crippen molar-refractivity contribution in [2.75, 3.05) is 0 Å². The highest BCUT2D eigenvalue weighted by Crippen LogP contribution is 2.38. The Labute approximate surface area is 166 Å². The number of hydrogen-bond acceptors (Lipinski definition) is 3. The number of rotatable bonds is 4. The molecule has 4 heteroatoms. The topological polar surface area (TPSA) is 30.7 Å². The van der Waals surface area contributed by atoms with Crippen molar-refractivity contribution < 1.29 is 0 Å². The second-order valence-corrected chi connectivity index (χ2v) is 8.00. The lowest BCUT2D eigenvalue weighted by Gasteiger charge is -2.12. The molecular formula is C24H17N3S. The summed E-state index contributed by atoms with van der Waals surface area (Å²) in [6, 6.07) is 21.9. The van der Waals surface area contributed by atoms with E-state index in [0.29, 0.717) is 0 Å². The summed E-state index contributed by atoms with van der Waals surface area (Å²) < 4.78 is 1.95. The van der Waals surface area contributed by atoms with Crippen molar-refractivity contribution in [1.29, 1.82) is 0 Å². The lowest BCUT2D eigenvalue weighted by molar-refractivity contribution is 0.590. The Morgan fingerprint density at radius 3 is 2.43 bits per heavy atom. The molecule has 0 unspecified atom stereocenters. The fourth-order valence-corrected chi connectivity index (χ4v) is 4.87. The van der Waals surface area contributed by atoms with Crippen LogP contribution in [0.1, 0.15) is 5.56 Å². The highest BCUT2D eigenvalue weighted by Gasteiger charge is 2.13. The van der Waals surface area contributed by atoms with Gasteiger partial charge in [0.1, 0.15) is 5.69 Å². The number of aryl methyl sites for hydroxylation is 2. The van der Waals surface area contributed by atoms with E-state index < -0.39 is 0 Å². The van der Waals surface area contributed by atoms with Crippen LogP contribution in [0.4, 0.5) is 0 Å². The lowest BCUT2D eigenvalue weighted by Crippen LogP contribution is -2.01. The summed E-state index contributed by atoms with van der Waals surface area (Å²) >= 11 is 1.74. The number of nitrogens with zero attached hydrogens (tertiary/aromatic N) is 3. The third-order valence-corrected chi connectivity index (χ3v) is 6.28. The molecule has 0 N–H and O–H groups in total. The van der Waals surface area contributed by atoms with E-state index in [4.69, 9.17) is 0 Å². The molecule has 6 aromatic rings. The standard InChI is InChI=1S/C24H17N3S/c1-2-17-4-5-19-6-8-20(21-9-7-18(3-1)23(17)24(19)21)22-14-27(26-25-22)12-10-16-11-13-28-15-16/h1-9,11,13-15H,10,12H2. The van der Waals surface area contributed by atoms with Crippen LogP contribution in [0, 0.1) is 0 Å². The molecule has 2 aromatic heterocycles. The van der Waals surface area contributed by atoms with Crippen LogP contribution in [0.3, 0.4) is 0 Å². The Morgan fingerprint density at radius 1 is 0.821 bits per heavy atom. The third-order valence-electron chi connectivity index (χ3n) is 5.55. The predicted octanol–water partition coefficient (Wildman–Crippen LogP) is 6.15. The first kappa shape index (κ1) is 15.8. The third kappa shape index (κ3) is 2.42. The summed E-state index contributed by atoms with van der Waals surface area (Å²) in [6.07, 6.45) is 3.04. The Morgan fingerprint density at radius 2 is 1.61 bits per heavy atom. The molecule has 134 valence electrons. The average Bonchev–Trinajstić information content (AvgIpc) is 3.42. The molecule has 0 radical (unpaired) electrons. The maximum atomic E-state index is 4.48. The van der Waals surface area contributed by atoms with Gasteiger partial charge in [-0.15, -0.1) is 5.10 Å². The molecule has 0 spiro atoms. The molecule has 0 aliphatic carbocycles. The summed E-state index contributed by atoms with van der Waals surface area (Å²) in [5, 5.41) is 20.9. The number of hydrogen-bond donors (Lipinski definition) is 0. The smallest absolute Gasteiger partial charge is 0.113 e. The fraction of sp³-hybridized carbons (Fsp3) is 0.0833. The van der Waals surface area contributed by atoms with Crippen LogP contribution in [0.2, 0.25) is 0 Å². The maximum Gasteiger partial charge on any atom is 0.113 e. The van der Waals surface area contributed by atoms with Crippen LogP contribution >= 0.6 is 11.3 Å². The van der Waals surface area contributed by atoms with Gasteiger partial charge in [-0.3, -0.25) is 4.68 Å². The van der Waals surface area contributed by atoms with Crippen LogP contribution in [-0.4, -0.2) is 15.0 Å². The van der Waals surface area contributed by atoms with Crippen molar-refractivity contribution in [3.63, 3.8) is 0 Å². The Hall–Kier alpha value is -3.24. The van der Waals surface area contributed by atoms with Gasteiger partial charge in [0.05, 0.1) is 6.20 Å². The van der Waals surface area contributed by atoms with E-state index in [-0.39, 0.29) is 0 Å². The molecule has 0 aliphatic heterocycles. The molecule has 28 heavy (non-hydrogen) atoms. The van der Waals surface area contributed by atoms with Gasteiger partial charge in [-0.2, -0.15) is 11.3 Å². The summed E-state index contributed by atoms with van der Waals surface area (Å²) in [7, 11) is 0. The van der Waals surface area contributed by atoms with Crippen molar-refractivity contribution >= 4 is 43.7 Å². The zero-order valence-corrected chi connectivity index (χ0v) is 16.0. The normalized spacial score (nSPS) is 11.9. The van der Waals surface area contributed by atoms with Gasteiger partial charge in [0.15, 0.2) is 0 Å². The van der Waals surface area contributed by atoms with Crippen LogP contribution in [-0.2, 0) is 13.0 Å². The molecule has 0 saturated carbocycles. The van der Waals surface area contributed by atoms with Crippen molar-refractivity contribution in [3.05, 3.63) is 83.2 Å². The van der Waals surface area contributed by atoms with Gasteiger partial charge < -0.3 is 0 Å². The number of aromatic nitrogens is 3. The molecule has 4 aromatic carbocycles. The first-order chi connectivity index (χ1) is 13.9. The van der Waals surface area contributed by atoms with E-state index in [1.54, 1.807) is 11.3 Å². The molecule has 3 nitrogen and oxygen atoms in total. The molecule has 0 aliphatic rings. The molecule has 6 rings (SSSR count). The monoisotopic (exact) mass is 379 g/mol. The van der Waals surface area contributed by atoms with Gasteiger partial charge >= 0.3 is 0 Å². The zero-order chi connectivity index (χ0) is 18.5. The first-order valence-corrected chi connectivity index (χ1v) is 10.4. The van der Waals surface area contributed by atoms with Gasteiger partial charge in [0.25, 0.3) is 0 Å². The Bertz CT molecular complexity index is 1400. The minimum absolute atomic E-state index is 0.843. The van der Waals surface area contributed by atoms with Crippen LogP contribution in [0.15, 0.2) is 77.6 Å². The van der Waals surface area contributed by atoms with Gasteiger partial charge in [-0.1, -0.05) is 59.8 Å². The largest absolute Gasteiger partial charge is 0.252 e. The summed E-state index contributed by atoms with van der Waals surface area (Å²) in [5.41, 5.74) is 3.43. The van der Waals surface area contributed by atoms with Crippen LogP contribution in [0.25, 0.3) is 43.6 Å². The van der Waals surface area contributed by atoms with E-state index >= 15 is 0 Å². The second-order valence-electron chi connectivity index (χ2n) is 7.22. The van der Waals surface area contributed by atoms with Crippen LogP contribution < -0.4 is 0 Å². The van der Waals surface area contributed by atoms with Crippen molar-refractivity contribution in [2.45, 2.75) is 13.0 Å². The van der Waals surface area contributed by atoms with E-state index in [1.807, 2.05) is 4.68 Å². The number of thiophene rings is 1. The van der Waals surface area contributed by atoms with Crippen molar-refractivity contribution in [3.8, 4) is 11.3 Å². The zero-order valence-electron chi connectivity index (χ0n) is 15.2. The highest BCUT2D eigenvalue weighted by atomic mass is 32.1. The highest BCUT2D eigenvalue weighted by molar-refractivity contribution is 7.07. The minimum atomic E-state index is 0.843. The SMILES string of the molecule is c1cc2ccc3ccc(-c4cn(CCc5ccsc5)nn4)c4ccc(c1)c2c34. The van der Waals surface area contributed by atoms with E-state index in [2.05, 4.69) is 87.9 Å². The number of benzene rings is 4. The molecule has 0 fully saturated rings.